The lowest BCUT2D eigenvalue weighted by molar-refractivity contribution is -0.114. The molecule has 146 valence electrons. The van der Waals surface area contributed by atoms with Crippen molar-refractivity contribution < 1.29 is 13.2 Å². The Balaban J connectivity index is 2.37. The van der Waals surface area contributed by atoms with Crippen molar-refractivity contribution in [1.82, 2.24) is 0 Å². The summed E-state index contributed by atoms with van der Waals surface area (Å²) in [4.78, 5) is 12.6. The predicted molar refractivity (Wildman–Crippen MR) is 116 cm³/mol. The Labute approximate surface area is 166 Å². The van der Waals surface area contributed by atoms with Gasteiger partial charge < -0.3 is 5.32 Å². The zero-order valence-electron chi connectivity index (χ0n) is 16.0. The van der Waals surface area contributed by atoms with Crippen LogP contribution in [0.4, 0.5) is 11.4 Å². The standard InChI is InChI=1S/C22H24N2O3S/c1-4-6-15-21(5-2)28(26,27)24(20-13-8-7-9-14-20)17-22(25)23-19-12-10-11-18(3)16-19/h4-16H,2,17H2,1,3H3,(H,23,25). The maximum absolute atomic E-state index is 13.2. The van der Waals surface area contributed by atoms with Gasteiger partial charge in [-0.25, -0.2) is 8.42 Å². The number of rotatable bonds is 8. The fourth-order valence-corrected chi connectivity index (χ4v) is 3.94. The number of allylic oxidation sites excluding steroid dienone is 4. The highest BCUT2D eigenvalue weighted by molar-refractivity contribution is 7.96. The molecule has 6 heteroatoms. The van der Waals surface area contributed by atoms with Gasteiger partial charge in [-0.3, -0.25) is 9.10 Å². The van der Waals surface area contributed by atoms with Crippen molar-refractivity contribution in [3.63, 3.8) is 0 Å². The highest BCUT2D eigenvalue weighted by Gasteiger charge is 2.27. The molecule has 28 heavy (non-hydrogen) atoms. The molecule has 0 heterocycles. The molecular weight excluding hydrogens is 372 g/mol. The molecule has 0 saturated carbocycles. The van der Waals surface area contributed by atoms with Crippen LogP contribution in [0.25, 0.3) is 0 Å². The maximum Gasteiger partial charge on any atom is 0.264 e. The molecule has 1 amide bonds. The molecule has 0 fully saturated rings. The summed E-state index contributed by atoms with van der Waals surface area (Å²) in [5.74, 6) is -0.438. The summed E-state index contributed by atoms with van der Waals surface area (Å²) < 4.78 is 27.4. The number of carbonyl (C=O) groups excluding carboxylic acids is 1. The highest BCUT2D eigenvalue weighted by Crippen LogP contribution is 2.23. The monoisotopic (exact) mass is 396 g/mol. The molecule has 0 saturated heterocycles. The summed E-state index contributed by atoms with van der Waals surface area (Å²) in [5.41, 5.74) is 2.01. The van der Waals surface area contributed by atoms with Crippen molar-refractivity contribution in [2.75, 3.05) is 16.2 Å². The number of hydrogen-bond donors (Lipinski definition) is 1. The molecule has 0 aliphatic heterocycles. The first-order valence-electron chi connectivity index (χ1n) is 8.78. The van der Waals surface area contributed by atoms with Gasteiger partial charge in [-0.2, -0.15) is 0 Å². The number of aryl methyl sites for hydroxylation is 1. The molecule has 0 atom stereocenters. The summed E-state index contributed by atoms with van der Waals surface area (Å²) in [6.07, 6.45) is 6.06. The molecule has 2 aromatic rings. The average Bonchev–Trinajstić information content (AvgIpc) is 2.67. The number of amides is 1. The third kappa shape index (κ3) is 5.44. The minimum absolute atomic E-state index is 0.0119. The predicted octanol–water partition coefficient (Wildman–Crippen LogP) is 4.42. The van der Waals surface area contributed by atoms with E-state index in [0.717, 1.165) is 9.87 Å². The van der Waals surface area contributed by atoms with E-state index < -0.39 is 15.9 Å². The minimum Gasteiger partial charge on any atom is -0.325 e. The minimum atomic E-state index is -3.97. The number of carbonyl (C=O) groups is 1. The molecule has 0 bridgehead atoms. The summed E-state index contributed by atoms with van der Waals surface area (Å²) in [6, 6.07) is 15.8. The SMILES string of the molecule is C=CC(=CC=CC)S(=O)(=O)N(CC(=O)Nc1cccc(C)c1)c1ccccc1. The molecule has 0 aliphatic carbocycles. The van der Waals surface area contributed by atoms with Crippen LogP contribution in [0, 0.1) is 6.92 Å². The lowest BCUT2D eigenvalue weighted by atomic mass is 10.2. The molecule has 0 aliphatic rings. The zero-order valence-corrected chi connectivity index (χ0v) is 16.8. The van der Waals surface area contributed by atoms with Gasteiger partial charge in [-0.15, -0.1) is 0 Å². The zero-order chi connectivity index (χ0) is 20.6. The van der Waals surface area contributed by atoms with E-state index in [-0.39, 0.29) is 11.4 Å². The van der Waals surface area contributed by atoms with E-state index in [1.165, 1.54) is 12.2 Å². The van der Waals surface area contributed by atoms with E-state index >= 15 is 0 Å². The Morgan fingerprint density at radius 3 is 2.46 bits per heavy atom. The molecule has 0 radical (unpaired) electrons. The van der Waals surface area contributed by atoms with Crippen molar-refractivity contribution in [2.45, 2.75) is 13.8 Å². The van der Waals surface area contributed by atoms with Crippen LogP contribution in [0.5, 0.6) is 0 Å². The van der Waals surface area contributed by atoms with Crippen LogP contribution in [0.2, 0.25) is 0 Å². The highest BCUT2D eigenvalue weighted by atomic mass is 32.2. The number of hydrogen-bond acceptors (Lipinski definition) is 3. The number of nitrogens with one attached hydrogen (secondary N) is 1. The van der Waals surface area contributed by atoms with Crippen LogP contribution in [-0.4, -0.2) is 20.9 Å². The summed E-state index contributed by atoms with van der Waals surface area (Å²) in [6.45, 7) is 6.95. The van der Waals surface area contributed by atoms with E-state index in [1.807, 2.05) is 25.1 Å². The van der Waals surface area contributed by atoms with Crippen LogP contribution in [-0.2, 0) is 14.8 Å². The van der Waals surface area contributed by atoms with Gasteiger partial charge in [0.1, 0.15) is 6.54 Å². The fraction of sp³-hybridized carbons (Fsp3) is 0.136. The smallest absolute Gasteiger partial charge is 0.264 e. The molecule has 2 rings (SSSR count). The van der Waals surface area contributed by atoms with Gasteiger partial charge >= 0.3 is 0 Å². The second-order valence-corrected chi connectivity index (χ2v) is 7.93. The molecule has 5 nitrogen and oxygen atoms in total. The second-order valence-electron chi connectivity index (χ2n) is 6.06. The van der Waals surface area contributed by atoms with Crippen LogP contribution >= 0.6 is 0 Å². The van der Waals surface area contributed by atoms with Gasteiger partial charge in [0.2, 0.25) is 5.91 Å². The van der Waals surface area contributed by atoms with Gasteiger partial charge in [0.05, 0.1) is 10.6 Å². The first kappa shape index (κ1) is 21.2. The first-order valence-corrected chi connectivity index (χ1v) is 10.2. The third-order valence-corrected chi connectivity index (χ3v) is 5.69. The molecule has 0 aromatic heterocycles. The van der Waals surface area contributed by atoms with Gasteiger partial charge in [-0.05, 0) is 55.8 Å². The van der Waals surface area contributed by atoms with Crippen molar-refractivity contribution >= 4 is 27.3 Å². The van der Waals surface area contributed by atoms with Crippen LogP contribution in [0.15, 0.2) is 90.4 Å². The largest absolute Gasteiger partial charge is 0.325 e. The van der Waals surface area contributed by atoms with E-state index in [9.17, 15) is 13.2 Å². The van der Waals surface area contributed by atoms with Crippen molar-refractivity contribution in [1.29, 1.82) is 0 Å². The summed E-state index contributed by atoms with van der Waals surface area (Å²) in [5, 5.41) is 2.75. The molecular formula is C22H24N2O3S. The van der Waals surface area contributed by atoms with Gasteiger partial charge in [0, 0.05) is 5.69 Å². The Morgan fingerprint density at radius 2 is 1.86 bits per heavy atom. The third-order valence-electron chi connectivity index (χ3n) is 3.88. The molecule has 0 spiro atoms. The molecule has 1 N–H and O–H groups in total. The molecule has 0 unspecified atom stereocenters. The van der Waals surface area contributed by atoms with E-state index in [0.29, 0.717) is 11.4 Å². The van der Waals surface area contributed by atoms with Crippen LogP contribution < -0.4 is 9.62 Å². The Morgan fingerprint density at radius 1 is 1.14 bits per heavy atom. The first-order chi connectivity index (χ1) is 13.4. The number of sulfonamides is 1. The summed E-state index contributed by atoms with van der Waals surface area (Å²) >= 11 is 0. The quantitative estimate of drug-likeness (QED) is 0.672. The van der Waals surface area contributed by atoms with Crippen molar-refractivity contribution in [2.24, 2.45) is 0 Å². The normalized spacial score (nSPS) is 12.0. The lowest BCUT2D eigenvalue weighted by Gasteiger charge is -2.24. The fourth-order valence-electron chi connectivity index (χ4n) is 2.54. The maximum atomic E-state index is 13.2. The lowest BCUT2D eigenvalue weighted by Crippen LogP contribution is -2.38. The van der Waals surface area contributed by atoms with Gasteiger partial charge in [-0.1, -0.05) is 49.1 Å². The topological polar surface area (TPSA) is 66.5 Å². The number of benzene rings is 2. The summed E-state index contributed by atoms with van der Waals surface area (Å²) in [7, 11) is -3.97. The van der Waals surface area contributed by atoms with E-state index in [1.54, 1.807) is 55.5 Å². The number of anilines is 2. The number of para-hydroxylation sites is 1. The van der Waals surface area contributed by atoms with E-state index in [2.05, 4.69) is 11.9 Å². The Hall–Kier alpha value is -3.12. The van der Waals surface area contributed by atoms with Crippen molar-refractivity contribution in [3.8, 4) is 0 Å². The Kier molecular flexibility index (Phi) is 7.35. The second kappa shape index (κ2) is 9.71. The average molecular weight is 397 g/mol. The van der Waals surface area contributed by atoms with Crippen LogP contribution in [0.3, 0.4) is 0 Å². The van der Waals surface area contributed by atoms with E-state index in [4.69, 9.17) is 0 Å². The van der Waals surface area contributed by atoms with Gasteiger partial charge in [0.15, 0.2) is 0 Å². The van der Waals surface area contributed by atoms with Gasteiger partial charge in [0.25, 0.3) is 10.0 Å². The Bertz CT molecular complexity index is 993. The van der Waals surface area contributed by atoms with Crippen LogP contribution in [0.1, 0.15) is 12.5 Å². The number of nitrogens with zero attached hydrogens (tertiary/aromatic N) is 1. The molecule has 2 aromatic carbocycles. The van der Waals surface area contributed by atoms with Crippen molar-refractivity contribution in [3.05, 3.63) is 95.9 Å².